The number of benzene rings is 1. The minimum absolute atomic E-state index is 0.392. The van der Waals surface area contributed by atoms with Gasteiger partial charge in [-0.3, -0.25) is 0 Å². The first-order valence-electron chi connectivity index (χ1n) is 7.09. The summed E-state index contributed by atoms with van der Waals surface area (Å²) in [7, 11) is 0. The van der Waals surface area contributed by atoms with Crippen LogP contribution in [0.25, 0.3) is 0 Å². The zero-order valence-corrected chi connectivity index (χ0v) is 12.2. The highest BCUT2D eigenvalue weighted by atomic mass is 35.5. The van der Waals surface area contributed by atoms with Gasteiger partial charge in [-0.1, -0.05) is 11.6 Å². The van der Waals surface area contributed by atoms with Crippen molar-refractivity contribution in [1.82, 2.24) is 5.32 Å². The second-order valence-corrected chi connectivity index (χ2v) is 5.61. The van der Waals surface area contributed by atoms with Crippen LogP contribution in [-0.4, -0.2) is 18.7 Å². The highest BCUT2D eigenvalue weighted by molar-refractivity contribution is 6.30. The fourth-order valence-corrected chi connectivity index (χ4v) is 2.75. The molecule has 0 aliphatic heterocycles. The third kappa shape index (κ3) is 4.37. The number of rotatable bonds is 5. The Kier molecular flexibility index (Phi) is 5.49. The van der Waals surface area contributed by atoms with Gasteiger partial charge >= 0.3 is 0 Å². The van der Waals surface area contributed by atoms with Crippen molar-refractivity contribution in [3.05, 3.63) is 28.8 Å². The Morgan fingerprint density at radius 1 is 1.32 bits per heavy atom. The molecule has 0 heterocycles. The van der Waals surface area contributed by atoms with Crippen molar-refractivity contribution >= 4 is 11.6 Å². The quantitative estimate of drug-likeness (QED) is 0.872. The average molecular weight is 283 g/mol. The summed E-state index contributed by atoms with van der Waals surface area (Å²) in [6.07, 6.45) is 4.55. The normalized spacial score (nSPS) is 23.3. The van der Waals surface area contributed by atoms with E-state index in [0.717, 1.165) is 48.6 Å². The van der Waals surface area contributed by atoms with Gasteiger partial charge in [-0.25, -0.2) is 0 Å². The maximum Gasteiger partial charge on any atom is 0.123 e. The van der Waals surface area contributed by atoms with E-state index >= 15 is 0 Å². The molecule has 1 aliphatic rings. The number of halogens is 1. The van der Waals surface area contributed by atoms with Gasteiger partial charge in [0.15, 0.2) is 0 Å². The Morgan fingerprint density at radius 2 is 2.05 bits per heavy atom. The van der Waals surface area contributed by atoms with Gasteiger partial charge in [0.1, 0.15) is 5.75 Å². The monoisotopic (exact) mass is 282 g/mol. The van der Waals surface area contributed by atoms with Crippen molar-refractivity contribution in [2.75, 3.05) is 6.61 Å². The van der Waals surface area contributed by atoms with Gasteiger partial charge in [-0.15, -0.1) is 0 Å². The highest BCUT2D eigenvalue weighted by Gasteiger charge is 2.18. The molecule has 0 amide bonds. The van der Waals surface area contributed by atoms with Crippen molar-refractivity contribution < 1.29 is 4.74 Å². The Labute approximate surface area is 120 Å². The van der Waals surface area contributed by atoms with Crippen LogP contribution in [0.5, 0.6) is 5.75 Å². The molecule has 0 aromatic heterocycles. The lowest BCUT2D eigenvalue weighted by molar-refractivity contribution is 0.324. The Balaban J connectivity index is 1.92. The van der Waals surface area contributed by atoms with E-state index in [2.05, 4.69) is 5.32 Å². The predicted molar refractivity (Wildman–Crippen MR) is 79.7 cm³/mol. The molecule has 1 aliphatic carbocycles. The zero-order chi connectivity index (χ0) is 13.7. The van der Waals surface area contributed by atoms with Crippen LogP contribution >= 0.6 is 11.6 Å². The summed E-state index contributed by atoms with van der Waals surface area (Å²) in [5.74, 6) is 0.923. The summed E-state index contributed by atoms with van der Waals surface area (Å²) < 4.78 is 5.63. The van der Waals surface area contributed by atoms with Gasteiger partial charge in [0.2, 0.25) is 0 Å². The molecule has 2 rings (SSSR count). The van der Waals surface area contributed by atoms with Crippen LogP contribution in [-0.2, 0) is 6.54 Å². The van der Waals surface area contributed by atoms with Crippen LogP contribution in [0, 0.1) is 0 Å². The third-order valence-electron chi connectivity index (χ3n) is 3.68. The van der Waals surface area contributed by atoms with Crippen molar-refractivity contribution in [3.63, 3.8) is 0 Å². The lowest BCUT2D eigenvalue weighted by Gasteiger charge is -2.27. The maximum absolute atomic E-state index is 6.06. The summed E-state index contributed by atoms with van der Waals surface area (Å²) >= 11 is 6.06. The maximum atomic E-state index is 6.06. The summed E-state index contributed by atoms with van der Waals surface area (Å²) in [5.41, 5.74) is 7.05. The number of nitrogens with one attached hydrogen (secondary N) is 1. The Hall–Kier alpha value is -0.770. The van der Waals surface area contributed by atoms with Gasteiger partial charge in [-0.2, -0.15) is 0 Å². The topological polar surface area (TPSA) is 47.3 Å². The average Bonchev–Trinajstić information content (AvgIpc) is 2.41. The van der Waals surface area contributed by atoms with Gasteiger partial charge in [0.05, 0.1) is 6.61 Å². The van der Waals surface area contributed by atoms with E-state index in [1.165, 1.54) is 0 Å². The molecule has 0 radical (unpaired) electrons. The van der Waals surface area contributed by atoms with Crippen molar-refractivity contribution in [2.24, 2.45) is 5.73 Å². The molecule has 1 aromatic carbocycles. The first-order chi connectivity index (χ1) is 9.19. The smallest absolute Gasteiger partial charge is 0.123 e. The van der Waals surface area contributed by atoms with Crippen LogP contribution < -0.4 is 15.8 Å². The van der Waals surface area contributed by atoms with E-state index in [1.807, 2.05) is 25.1 Å². The third-order valence-corrected chi connectivity index (χ3v) is 3.91. The second kappa shape index (κ2) is 7.13. The van der Waals surface area contributed by atoms with Crippen LogP contribution in [0.15, 0.2) is 18.2 Å². The van der Waals surface area contributed by atoms with Gasteiger partial charge in [0.25, 0.3) is 0 Å². The van der Waals surface area contributed by atoms with Crippen LogP contribution in [0.1, 0.15) is 38.2 Å². The SMILES string of the molecule is CCOc1ccc(Cl)cc1CNC1CCC(N)CC1. The molecule has 1 fully saturated rings. The first-order valence-corrected chi connectivity index (χ1v) is 7.47. The van der Waals surface area contributed by atoms with E-state index in [0.29, 0.717) is 18.7 Å². The number of hydrogen-bond acceptors (Lipinski definition) is 3. The first kappa shape index (κ1) is 14.6. The largest absolute Gasteiger partial charge is 0.494 e. The van der Waals surface area contributed by atoms with Gasteiger partial charge < -0.3 is 15.8 Å². The molecule has 4 heteroatoms. The van der Waals surface area contributed by atoms with Crippen molar-refractivity contribution in [1.29, 1.82) is 0 Å². The molecule has 19 heavy (non-hydrogen) atoms. The number of ether oxygens (including phenoxy) is 1. The standard InChI is InChI=1S/C15H23ClN2O/c1-2-19-15-8-3-12(16)9-11(15)10-18-14-6-4-13(17)5-7-14/h3,8-9,13-14,18H,2,4-7,10,17H2,1H3. The molecular weight excluding hydrogens is 260 g/mol. The fourth-order valence-electron chi connectivity index (χ4n) is 2.56. The van der Waals surface area contributed by atoms with Crippen molar-refractivity contribution in [3.8, 4) is 5.75 Å². The molecule has 106 valence electrons. The van der Waals surface area contributed by atoms with Crippen LogP contribution in [0.3, 0.4) is 0 Å². The second-order valence-electron chi connectivity index (χ2n) is 5.18. The molecule has 3 nitrogen and oxygen atoms in total. The summed E-state index contributed by atoms with van der Waals surface area (Å²) in [6, 6.07) is 6.75. The minimum Gasteiger partial charge on any atom is -0.494 e. The predicted octanol–water partition coefficient (Wildman–Crippen LogP) is 3.10. The Morgan fingerprint density at radius 3 is 2.74 bits per heavy atom. The molecule has 0 bridgehead atoms. The molecule has 0 saturated heterocycles. The molecule has 0 atom stereocenters. The Bertz CT molecular complexity index is 403. The lowest BCUT2D eigenvalue weighted by Crippen LogP contribution is -2.37. The molecule has 0 unspecified atom stereocenters. The van der Waals surface area contributed by atoms with Crippen molar-refractivity contribution in [2.45, 2.75) is 51.2 Å². The van der Waals surface area contributed by atoms with Crippen LogP contribution in [0.4, 0.5) is 0 Å². The highest BCUT2D eigenvalue weighted by Crippen LogP contribution is 2.24. The van der Waals surface area contributed by atoms with E-state index in [-0.39, 0.29) is 0 Å². The summed E-state index contributed by atoms with van der Waals surface area (Å²) in [6.45, 7) is 3.47. The van der Waals surface area contributed by atoms with E-state index < -0.39 is 0 Å². The summed E-state index contributed by atoms with van der Waals surface area (Å²) in [5, 5.41) is 4.35. The molecule has 1 aromatic rings. The number of hydrogen-bond donors (Lipinski definition) is 2. The van der Waals surface area contributed by atoms with Gasteiger partial charge in [-0.05, 0) is 50.8 Å². The minimum atomic E-state index is 0.392. The van der Waals surface area contributed by atoms with E-state index in [9.17, 15) is 0 Å². The van der Waals surface area contributed by atoms with E-state index in [4.69, 9.17) is 22.1 Å². The molecule has 0 spiro atoms. The van der Waals surface area contributed by atoms with Gasteiger partial charge in [0, 0.05) is 29.2 Å². The lowest BCUT2D eigenvalue weighted by atomic mass is 9.92. The molecular formula is C15H23ClN2O. The number of nitrogens with two attached hydrogens (primary N) is 1. The van der Waals surface area contributed by atoms with Crippen LogP contribution in [0.2, 0.25) is 5.02 Å². The fraction of sp³-hybridized carbons (Fsp3) is 0.600. The molecule has 3 N–H and O–H groups in total. The molecule has 1 saturated carbocycles. The zero-order valence-electron chi connectivity index (χ0n) is 11.5. The summed E-state index contributed by atoms with van der Waals surface area (Å²) in [4.78, 5) is 0. The van der Waals surface area contributed by atoms with E-state index in [1.54, 1.807) is 0 Å².